The fraction of sp³-hybridized carbons (Fsp3) is 0.485. The van der Waals surface area contributed by atoms with Crippen LogP contribution >= 0.6 is 31.9 Å². The molecule has 2 aromatic heterocycles. The van der Waals surface area contributed by atoms with Crippen molar-refractivity contribution in [1.82, 2.24) is 24.4 Å². The van der Waals surface area contributed by atoms with Crippen LogP contribution in [0.2, 0.25) is 0 Å². The van der Waals surface area contributed by atoms with E-state index in [1.54, 1.807) is 64.9 Å². The molecule has 1 fully saturated rings. The molecule has 3 amide bonds. The van der Waals surface area contributed by atoms with Gasteiger partial charge in [0.15, 0.2) is 5.69 Å². The van der Waals surface area contributed by atoms with Crippen molar-refractivity contribution in [2.24, 2.45) is 7.05 Å². The minimum atomic E-state index is -0.478. The monoisotopic (exact) mass is 833 g/mol. The third-order valence-corrected chi connectivity index (χ3v) is 10.4. The summed E-state index contributed by atoms with van der Waals surface area (Å²) in [5, 5.41) is 14.7. The van der Waals surface area contributed by atoms with E-state index in [9.17, 15) is 19.7 Å². The van der Waals surface area contributed by atoms with Crippen molar-refractivity contribution in [3.63, 3.8) is 0 Å². The Morgan fingerprint density at radius 1 is 1.16 bits per heavy atom. The van der Waals surface area contributed by atoms with Gasteiger partial charge in [-0.25, -0.2) is 9.78 Å². The van der Waals surface area contributed by atoms with Crippen molar-refractivity contribution in [1.29, 1.82) is 0 Å². The number of aryl methyl sites for hydroxylation is 1. The lowest BCUT2D eigenvalue weighted by Crippen LogP contribution is -2.56. The molecule has 0 saturated carbocycles. The number of nitrogens with zero attached hydrogens (tertiary/aromatic N) is 9. The number of hydrogen-bond donors (Lipinski definition) is 1. The fourth-order valence-electron chi connectivity index (χ4n) is 6.25. The highest BCUT2D eigenvalue weighted by atomic mass is 79.9. The van der Waals surface area contributed by atoms with Crippen molar-refractivity contribution >= 4 is 67.1 Å². The minimum Gasteiger partial charge on any atom is -0.495 e. The molecule has 0 unspecified atom stereocenters. The normalized spacial score (nSPS) is 15.5. The third-order valence-electron chi connectivity index (χ3n) is 8.86. The zero-order valence-corrected chi connectivity index (χ0v) is 32.9. The number of hydrogen-bond acceptors (Lipinski definition) is 10. The number of imidazole rings is 1. The fourth-order valence-corrected chi connectivity index (χ4v) is 7.90. The van der Waals surface area contributed by atoms with E-state index in [1.165, 1.54) is 6.33 Å². The molecular formula is C33H43Br2N10O6+. The zero-order chi connectivity index (χ0) is 37.2. The van der Waals surface area contributed by atoms with E-state index in [0.717, 1.165) is 5.56 Å². The van der Waals surface area contributed by atoms with Crippen molar-refractivity contribution in [2.75, 3.05) is 63.1 Å². The highest BCUT2D eigenvalue weighted by Gasteiger charge is 2.41. The van der Waals surface area contributed by atoms with Crippen LogP contribution in [0, 0.1) is 10.1 Å². The first-order valence-electron chi connectivity index (χ1n) is 16.4. The number of rotatable bonds is 12. The number of carbonyl (C=O) groups is 2. The predicted molar refractivity (Wildman–Crippen MR) is 199 cm³/mol. The number of carbonyl (C=O) groups excluding carboxylic acids is 2. The van der Waals surface area contributed by atoms with Crippen molar-refractivity contribution < 1.29 is 28.5 Å². The van der Waals surface area contributed by atoms with Crippen LogP contribution in [0.5, 0.6) is 11.5 Å². The number of nitro groups is 1. The molecule has 16 nitrogen and oxygen atoms in total. The van der Waals surface area contributed by atoms with E-state index in [2.05, 4.69) is 47.1 Å². The topological polar surface area (TPSA) is 161 Å². The highest BCUT2D eigenvalue weighted by molar-refractivity contribution is 9.11. The van der Waals surface area contributed by atoms with Gasteiger partial charge in [0.05, 0.1) is 56.0 Å². The second-order valence-electron chi connectivity index (χ2n) is 13.5. The first-order chi connectivity index (χ1) is 24.1. The lowest BCUT2D eigenvalue weighted by Gasteiger charge is -2.43. The van der Waals surface area contributed by atoms with Crippen LogP contribution in [-0.2, 0) is 24.9 Å². The maximum Gasteiger partial charge on any atom is 0.390 e. The predicted octanol–water partition coefficient (Wildman–Crippen LogP) is 5.25. The molecule has 0 spiro atoms. The number of aromatic nitrogens is 4. The Hall–Kier alpha value is -4.29. The van der Waals surface area contributed by atoms with Gasteiger partial charge in [-0.1, -0.05) is 0 Å². The Morgan fingerprint density at radius 2 is 1.80 bits per heavy atom. The summed E-state index contributed by atoms with van der Waals surface area (Å²) in [5.74, 6) is 1.68. The second kappa shape index (κ2) is 15.5. The summed E-state index contributed by atoms with van der Waals surface area (Å²) in [6.45, 7) is 5.92. The molecule has 0 aliphatic carbocycles. The number of fused-ring (bicyclic) bond motifs is 1. The van der Waals surface area contributed by atoms with Gasteiger partial charge in [-0.15, -0.1) is 0 Å². The number of quaternary nitrogens is 1. The van der Waals surface area contributed by atoms with Gasteiger partial charge in [0.1, 0.15) is 23.9 Å². The Labute approximate surface area is 313 Å². The summed E-state index contributed by atoms with van der Waals surface area (Å²) in [4.78, 5) is 57.2. The van der Waals surface area contributed by atoms with Crippen LogP contribution in [-0.4, -0.2) is 106 Å². The summed E-state index contributed by atoms with van der Waals surface area (Å²) in [6, 6.07) is 1.30. The average molecular weight is 836 g/mol. The van der Waals surface area contributed by atoms with Crippen LogP contribution in [0.15, 0.2) is 39.7 Å². The van der Waals surface area contributed by atoms with E-state index in [0.29, 0.717) is 87.1 Å². The lowest BCUT2D eigenvalue weighted by atomic mass is 10.0. The molecule has 1 N–H and O–H groups in total. The number of halogens is 2. The molecule has 0 atom stereocenters. The quantitative estimate of drug-likeness (QED) is 0.111. The third kappa shape index (κ3) is 8.12. The number of nitrogens with one attached hydrogen (secondary N) is 1. The maximum absolute atomic E-state index is 14.6. The van der Waals surface area contributed by atoms with Crippen LogP contribution in [0.25, 0.3) is 0 Å². The van der Waals surface area contributed by atoms with Gasteiger partial charge in [0.25, 0.3) is 0 Å². The lowest BCUT2D eigenvalue weighted by molar-refractivity contribution is -0.898. The number of anilines is 3. The molecule has 3 aromatic rings. The number of ether oxygens (including phenoxy) is 2. The molecule has 4 heterocycles. The van der Waals surface area contributed by atoms with Crippen LogP contribution in [0.1, 0.15) is 37.9 Å². The highest BCUT2D eigenvalue weighted by Crippen LogP contribution is 2.48. The van der Waals surface area contributed by atoms with Gasteiger partial charge in [0.2, 0.25) is 18.2 Å². The van der Waals surface area contributed by atoms with E-state index < -0.39 is 4.92 Å². The van der Waals surface area contributed by atoms with Crippen LogP contribution < -0.4 is 24.6 Å². The molecule has 1 saturated heterocycles. The van der Waals surface area contributed by atoms with Gasteiger partial charge < -0.3 is 38.9 Å². The van der Waals surface area contributed by atoms with Crippen molar-refractivity contribution in [3.8, 4) is 11.5 Å². The standard InChI is InChI=1S/C33H43Br2N10O6/c1-20(2)38-32-36-16-21-17-42(29-27(34)24(50-6)15-25(51-7)28(29)35)33(47)43(30(21)39-32)22-10-12-41(13-11-22)26(46)9-8-14-45(4,5)18-23-31(44(48)49)37-19-40(23)3/h8-9,15-16,19-20,22H,10-14,17-18H2,1-7H3,(H,36,38,39)/q+1/b9-8+. The summed E-state index contributed by atoms with van der Waals surface area (Å²) >= 11 is 7.30. The summed E-state index contributed by atoms with van der Waals surface area (Å²) in [5.41, 5.74) is 1.83. The minimum absolute atomic E-state index is 0.0869. The SMILES string of the molecule is COc1cc(OC)c(Br)c(N2Cc3cnc(NC(C)C)nc3N(C3CCN(C(=O)/C=C/C[N+](C)(C)Cc4c([N+](=O)[O-])ncn4C)CC3)C2=O)c1Br. The van der Waals surface area contributed by atoms with Gasteiger partial charge in [0, 0.05) is 56.1 Å². The zero-order valence-electron chi connectivity index (χ0n) is 29.7. The van der Waals surface area contributed by atoms with Gasteiger partial charge in [-0.3, -0.25) is 14.6 Å². The first-order valence-corrected chi connectivity index (χ1v) is 18.0. The summed E-state index contributed by atoms with van der Waals surface area (Å²) in [6.07, 6.45) is 7.61. The number of likely N-dealkylation sites (tertiary alicyclic amines) is 1. The number of piperidine rings is 1. The Morgan fingerprint density at radius 3 is 2.39 bits per heavy atom. The maximum atomic E-state index is 14.6. The van der Waals surface area contributed by atoms with Gasteiger partial charge in [-0.2, -0.15) is 4.98 Å². The molecule has 51 heavy (non-hydrogen) atoms. The van der Waals surface area contributed by atoms with Crippen molar-refractivity contribution in [2.45, 2.75) is 51.9 Å². The molecule has 274 valence electrons. The van der Waals surface area contributed by atoms with E-state index in [4.69, 9.17) is 14.5 Å². The second-order valence-corrected chi connectivity index (χ2v) is 15.0. The molecule has 2 aliphatic heterocycles. The Balaban J connectivity index is 1.34. The molecule has 0 radical (unpaired) electrons. The molecular weight excluding hydrogens is 792 g/mol. The van der Waals surface area contributed by atoms with E-state index in [-0.39, 0.29) is 36.4 Å². The summed E-state index contributed by atoms with van der Waals surface area (Å²) < 4.78 is 14.4. The number of amides is 3. The first kappa shape index (κ1) is 38.0. The molecule has 2 aliphatic rings. The number of urea groups is 1. The largest absolute Gasteiger partial charge is 0.495 e. The molecule has 1 aromatic carbocycles. The summed E-state index contributed by atoms with van der Waals surface area (Å²) in [7, 11) is 8.72. The van der Waals surface area contributed by atoms with Crippen LogP contribution in [0.4, 0.5) is 28.1 Å². The molecule has 5 rings (SSSR count). The molecule has 0 bridgehead atoms. The van der Waals surface area contributed by atoms with E-state index in [1.807, 2.05) is 27.9 Å². The van der Waals surface area contributed by atoms with Gasteiger partial charge in [-0.05, 0) is 74.5 Å². The Kier molecular flexibility index (Phi) is 11.6. The number of methoxy groups -OCH3 is 2. The molecule has 18 heteroatoms. The number of benzene rings is 1. The average Bonchev–Trinajstić information content (AvgIpc) is 3.44. The smallest absolute Gasteiger partial charge is 0.390 e. The Bertz CT molecular complexity index is 1810. The van der Waals surface area contributed by atoms with E-state index >= 15 is 0 Å². The van der Waals surface area contributed by atoms with Crippen molar-refractivity contribution in [3.05, 3.63) is 61.1 Å². The van der Waals surface area contributed by atoms with Crippen LogP contribution in [0.3, 0.4) is 0 Å². The number of likely N-dealkylation sites (N-methyl/N-ethyl adjacent to an activating group) is 1. The van der Waals surface area contributed by atoms with Gasteiger partial charge >= 0.3 is 11.8 Å².